The van der Waals surface area contributed by atoms with Gasteiger partial charge in [-0.15, -0.1) is 0 Å². The first kappa shape index (κ1) is 8.07. The number of carbonyl (C=O) groups is 1. The minimum absolute atomic E-state index is 0.206. The van der Waals surface area contributed by atoms with Crippen LogP contribution in [0.4, 0.5) is 5.69 Å². The predicted molar refractivity (Wildman–Crippen MR) is 46.1 cm³/mol. The molecule has 1 aliphatic heterocycles. The smallest absolute Gasteiger partial charge is 0.339 e. The largest absolute Gasteiger partial charge is 0.451 e. The number of cyclic esters (lactones) is 1. The highest BCUT2D eigenvalue weighted by Crippen LogP contribution is 2.31. The van der Waals surface area contributed by atoms with Gasteiger partial charge in [0.25, 0.3) is 0 Å². The molecule has 3 N–H and O–H groups in total. The Morgan fingerprint density at radius 2 is 2.31 bits per heavy atom. The zero-order valence-corrected chi connectivity index (χ0v) is 6.86. The van der Waals surface area contributed by atoms with E-state index in [0.29, 0.717) is 16.8 Å². The summed E-state index contributed by atoms with van der Waals surface area (Å²) < 4.78 is 4.89. The lowest BCUT2D eigenvalue weighted by Crippen LogP contribution is -2.03. The minimum atomic E-state index is -0.550. The maximum atomic E-state index is 11.2. The van der Waals surface area contributed by atoms with Crippen LogP contribution in [0.3, 0.4) is 0 Å². The highest BCUT2D eigenvalue weighted by atomic mass is 16.6. The zero-order chi connectivity index (χ0) is 9.42. The monoisotopic (exact) mass is 179 g/mol. The van der Waals surface area contributed by atoms with E-state index in [0.717, 1.165) is 0 Å². The molecule has 0 aromatic heterocycles. The molecular weight excluding hydrogens is 170 g/mol. The Bertz CT molecular complexity index is 362. The lowest BCUT2D eigenvalue weighted by atomic mass is 10.0. The van der Waals surface area contributed by atoms with Gasteiger partial charge in [-0.25, -0.2) is 4.79 Å². The van der Waals surface area contributed by atoms with E-state index >= 15 is 0 Å². The molecule has 1 aromatic rings. The highest BCUT2D eigenvalue weighted by molar-refractivity contribution is 5.94. The number of aliphatic hydroxyl groups excluding tert-OH is 1. The van der Waals surface area contributed by atoms with Gasteiger partial charge in [-0.3, -0.25) is 0 Å². The fourth-order valence-electron chi connectivity index (χ4n) is 1.43. The van der Waals surface area contributed by atoms with E-state index in [2.05, 4.69) is 0 Å². The van der Waals surface area contributed by atoms with Crippen molar-refractivity contribution < 1.29 is 14.6 Å². The van der Waals surface area contributed by atoms with Crippen LogP contribution in [0.2, 0.25) is 0 Å². The fraction of sp³-hybridized carbons (Fsp3) is 0.222. The van der Waals surface area contributed by atoms with Crippen LogP contribution < -0.4 is 5.73 Å². The van der Waals surface area contributed by atoms with Gasteiger partial charge < -0.3 is 15.6 Å². The number of benzene rings is 1. The molecule has 0 radical (unpaired) electrons. The Labute approximate surface area is 74.9 Å². The van der Waals surface area contributed by atoms with Crippen LogP contribution in [0.5, 0.6) is 0 Å². The quantitative estimate of drug-likeness (QED) is 0.485. The Kier molecular flexibility index (Phi) is 1.70. The van der Waals surface area contributed by atoms with E-state index in [4.69, 9.17) is 15.6 Å². The van der Waals surface area contributed by atoms with E-state index in [1.807, 2.05) is 0 Å². The second kappa shape index (κ2) is 2.74. The predicted octanol–water partition coefficient (Wildman–Crippen LogP) is 0.473. The Morgan fingerprint density at radius 1 is 1.54 bits per heavy atom. The molecule has 4 heteroatoms. The van der Waals surface area contributed by atoms with Crippen molar-refractivity contribution in [2.45, 2.75) is 6.10 Å². The van der Waals surface area contributed by atoms with Crippen molar-refractivity contribution in [1.29, 1.82) is 0 Å². The van der Waals surface area contributed by atoms with E-state index in [1.54, 1.807) is 18.2 Å². The number of carbonyl (C=O) groups excluding carboxylic acids is 1. The number of rotatable bonds is 1. The Balaban J connectivity index is 2.52. The summed E-state index contributed by atoms with van der Waals surface area (Å²) in [5.41, 5.74) is 7.28. The summed E-state index contributed by atoms with van der Waals surface area (Å²) in [4.78, 5) is 11.2. The third-order valence-electron chi connectivity index (χ3n) is 2.06. The molecule has 1 unspecified atom stereocenters. The van der Waals surface area contributed by atoms with Crippen LogP contribution in [-0.4, -0.2) is 17.7 Å². The van der Waals surface area contributed by atoms with Crippen LogP contribution in [-0.2, 0) is 4.74 Å². The number of hydrogen-bond donors (Lipinski definition) is 2. The third kappa shape index (κ3) is 1.15. The van der Waals surface area contributed by atoms with E-state index < -0.39 is 12.1 Å². The number of nitrogens with two attached hydrogens (primary N) is 1. The Hall–Kier alpha value is -1.55. The van der Waals surface area contributed by atoms with Gasteiger partial charge in [0.2, 0.25) is 0 Å². The van der Waals surface area contributed by atoms with Crippen molar-refractivity contribution in [3.8, 4) is 0 Å². The summed E-state index contributed by atoms with van der Waals surface area (Å²) in [5, 5.41) is 8.90. The number of fused-ring (bicyclic) bond motifs is 1. The molecule has 0 saturated carbocycles. The molecule has 1 heterocycles. The fourth-order valence-corrected chi connectivity index (χ4v) is 1.43. The van der Waals surface area contributed by atoms with Crippen molar-refractivity contribution >= 4 is 11.7 Å². The molecule has 4 nitrogen and oxygen atoms in total. The SMILES string of the molecule is Nc1ccc2c(c1)C(CO)OC2=O. The maximum absolute atomic E-state index is 11.2. The number of esters is 1. The number of nitrogen functional groups attached to an aromatic ring is 1. The molecule has 0 amide bonds. The van der Waals surface area contributed by atoms with Gasteiger partial charge in [-0.1, -0.05) is 0 Å². The van der Waals surface area contributed by atoms with Crippen LogP contribution in [0.1, 0.15) is 22.0 Å². The van der Waals surface area contributed by atoms with Gasteiger partial charge in [0.15, 0.2) is 6.10 Å². The first-order chi connectivity index (χ1) is 6.22. The summed E-state index contributed by atoms with van der Waals surface area (Å²) >= 11 is 0. The normalized spacial score (nSPS) is 19.8. The lowest BCUT2D eigenvalue weighted by molar-refractivity contribution is 0.0235. The molecule has 0 bridgehead atoms. The van der Waals surface area contributed by atoms with E-state index in [1.165, 1.54) is 0 Å². The van der Waals surface area contributed by atoms with Crippen molar-refractivity contribution in [2.24, 2.45) is 0 Å². The number of aliphatic hydroxyl groups is 1. The van der Waals surface area contributed by atoms with Gasteiger partial charge in [0.1, 0.15) is 0 Å². The van der Waals surface area contributed by atoms with Crippen LogP contribution in [0, 0.1) is 0 Å². The third-order valence-corrected chi connectivity index (χ3v) is 2.06. The van der Waals surface area contributed by atoms with Gasteiger partial charge in [0.05, 0.1) is 12.2 Å². The topological polar surface area (TPSA) is 72.6 Å². The molecular formula is C9H9NO3. The van der Waals surface area contributed by atoms with Crippen LogP contribution in [0.25, 0.3) is 0 Å². The first-order valence-electron chi connectivity index (χ1n) is 3.93. The van der Waals surface area contributed by atoms with Gasteiger partial charge >= 0.3 is 5.97 Å². The summed E-state index contributed by atoms with van der Waals surface area (Å²) in [7, 11) is 0. The lowest BCUT2D eigenvalue weighted by Gasteiger charge is -2.05. The first-order valence-corrected chi connectivity index (χ1v) is 3.93. The van der Waals surface area contributed by atoms with Crippen molar-refractivity contribution in [1.82, 2.24) is 0 Å². The molecule has 0 spiro atoms. The highest BCUT2D eigenvalue weighted by Gasteiger charge is 2.30. The molecule has 1 atom stereocenters. The summed E-state index contributed by atoms with van der Waals surface area (Å²) in [6.07, 6.45) is -0.550. The summed E-state index contributed by atoms with van der Waals surface area (Å²) in [6, 6.07) is 4.91. The molecule has 0 fully saturated rings. The second-order valence-corrected chi connectivity index (χ2v) is 2.92. The minimum Gasteiger partial charge on any atom is -0.451 e. The van der Waals surface area contributed by atoms with Gasteiger partial charge in [-0.2, -0.15) is 0 Å². The standard InChI is InChI=1S/C9H9NO3/c10-5-1-2-6-7(3-5)8(4-11)13-9(6)12/h1-3,8,11H,4,10H2. The second-order valence-electron chi connectivity index (χ2n) is 2.92. The van der Waals surface area contributed by atoms with Crippen LogP contribution in [0.15, 0.2) is 18.2 Å². The molecule has 0 saturated heterocycles. The van der Waals surface area contributed by atoms with Crippen molar-refractivity contribution in [3.63, 3.8) is 0 Å². The maximum Gasteiger partial charge on any atom is 0.339 e. The van der Waals surface area contributed by atoms with E-state index in [9.17, 15) is 4.79 Å². The molecule has 1 aromatic carbocycles. The summed E-state index contributed by atoms with van der Waals surface area (Å²) in [6.45, 7) is -0.206. The van der Waals surface area contributed by atoms with E-state index in [-0.39, 0.29) is 6.61 Å². The average Bonchev–Trinajstić information content (AvgIpc) is 2.42. The zero-order valence-electron chi connectivity index (χ0n) is 6.86. The average molecular weight is 179 g/mol. The van der Waals surface area contributed by atoms with Crippen molar-refractivity contribution in [3.05, 3.63) is 29.3 Å². The number of hydrogen-bond acceptors (Lipinski definition) is 4. The molecule has 68 valence electrons. The van der Waals surface area contributed by atoms with Gasteiger partial charge in [0, 0.05) is 11.3 Å². The number of ether oxygens (including phenoxy) is 1. The van der Waals surface area contributed by atoms with Crippen molar-refractivity contribution in [2.75, 3.05) is 12.3 Å². The summed E-state index contributed by atoms with van der Waals surface area (Å²) in [5.74, 6) is -0.394. The molecule has 13 heavy (non-hydrogen) atoms. The molecule has 2 rings (SSSR count). The van der Waals surface area contributed by atoms with Gasteiger partial charge in [-0.05, 0) is 18.2 Å². The molecule has 1 aliphatic rings. The van der Waals surface area contributed by atoms with Crippen LogP contribution >= 0.6 is 0 Å². The number of anilines is 1. The Morgan fingerprint density at radius 3 is 3.00 bits per heavy atom. The molecule has 0 aliphatic carbocycles.